The van der Waals surface area contributed by atoms with Crippen molar-refractivity contribution in [3.8, 4) is 5.88 Å². The Balaban J connectivity index is 1.58. The lowest BCUT2D eigenvalue weighted by atomic mass is 10.2. The van der Waals surface area contributed by atoms with Crippen molar-refractivity contribution in [2.75, 3.05) is 29.9 Å². The number of carbonyl (C=O) groups excluding carboxylic acids is 1. The molecule has 2 aromatic heterocycles. The zero-order valence-electron chi connectivity index (χ0n) is 16.9. The summed E-state index contributed by atoms with van der Waals surface area (Å²) in [5, 5.41) is 2.83. The number of carbonyl (C=O) groups is 1. The lowest BCUT2D eigenvalue weighted by Gasteiger charge is -2.36. The second-order valence-corrected chi connectivity index (χ2v) is 7.61. The van der Waals surface area contributed by atoms with Gasteiger partial charge < -0.3 is 19.7 Å². The molecule has 0 bridgehead atoms. The summed E-state index contributed by atoms with van der Waals surface area (Å²) in [6.45, 7) is 10.5. The van der Waals surface area contributed by atoms with Gasteiger partial charge in [0.1, 0.15) is 5.82 Å². The van der Waals surface area contributed by atoms with E-state index in [1.54, 1.807) is 30.6 Å². The minimum atomic E-state index is -0.222. The number of nitrogens with one attached hydrogen (secondary N) is 1. The number of morpholine rings is 1. The third-order valence-corrected chi connectivity index (χ3v) is 4.31. The molecule has 1 fully saturated rings. The molecular weight excluding hydrogens is 356 g/mol. The summed E-state index contributed by atoms with van der Waals surface area (Å²) in [7, 11) is 0. The summed E-state index contributed by atoms with van der Waals surface area (Å²) in [6, 6.07) is 7.19. The standard InChI is InChI=1S/C21H28N4O3/c1-14(2)13-27-20-8-6-18(10-23-20)24-21(26)17-5-7-19(22-9-17)25-11-15(3)28-16(4)12-25/h5-10,14-16H,11-13H2,1-4H3,(H,24,26). The van der Waals surface area contributed by atoms with Gasteiger partial charge in [-0.15, -0.1) is 0 Å². The molecule has 0 saturated carbocycles. The van der Waals surface area contributed by atoms with Crippen LogP contribution in [0.2, 0.25) is 0 Å². The van der Waals surface area contributed by atoms with E-state index < -0.39 is 0 Å². The van der Waals surface area contributed by atoms with Gasteiger partial charge in [0.25, 0.3) is 5.91 Å². The van der Waals surface area contributed by atoms with Gasteiger partial charge in [-0.2, -0.15) is 0 Å². The number of nitrogens with zero attached hydrogens (tertiary/aromatic N) is 3. The molecule has 2 aromatic rings. The average Bonchev–Trinajstić information content (AvgIpc) is 2.67. The molecule has 7 nitrogen and oxygen atoms in total. The molecule has 1 amide bonds. The van der Waals surface area contributed by atoms with Crippen LogP contribution < -0.4 is 15.0 Å². The minimum absolute atomic E-state index is 0.161. The SMILES string of the molecule is CC(C)COc1ccc(NC(=O)c2ccc(N3CC(C)OC(C)C3)nc2)cn1. The van der Waals surface area contributed by atoms with Gasteiger partial charge in [0.05, 0.1) is 36.3 Å². The smallest absolute Gasteiger partial charge is 0.257 e. The third-order valence-electron chi connectivity index (χ3n) is 4.31. The summed E-state index contributed by atoms with van der Waals surface area (Å²) in [5.41, 5.74) is 1.11. The first-order valence-electron chi connectivity index (χ1n) is 9.67. The molecule has 28 heavy (non-hydrogen) atoms. The molecule has 0 aromatic carbocycles. The van der Waals surface area contributed by atoms with E-state index in [0.717, 1.165) is 18.9 Å². The molecule has 1 aliphatic rings. The number of aromatic nitrogens is 2. The molecule has 0 aliphatic carbocycles. The van der Waals surface area contributed by atoms with E-state index >= 15 is 0 Å². The van der Waals surface area contributed by atoms with Crippen molar-refractivity contribution in [3.63, 3.8) is 0 Å². The van der Waals surface area contributed by atoms with Crippen LogP contribution in [0.25, 0.3) is 0 Å². The molecule has 3 heterocycles. The van der Waals surface area contributed by atoms with E-state index in [-0.39, 0.29) is 18.1 Å². The fourth-order valence-corrected chi connectivity index (χ4v) is 3.07. The Morgan fingerprint density at radius 3 is 2.50 bits per heavy atom. The summed E-state index contributed by atoms with van der Waals surface area (Å²) in [4.78, 5) is 23.3. The van der Waals surface area contributed by atoms with Crippen LogP contribution in [0.15, 0.2) is 36.7 Å². The lowest BCUT2D eigenvalue weighted by molar-refractivity contribution is -0.00546. The zero-order chi connectivity index (χ0) is 20.1. The molecule has 2 unspecified atom stereocenters. The second-order valence-electron chi connectivity index (χ2n) is 7.61. The first kappa shape index (κ1) is 20.1. The highest BCUT2D eigenvalue weighted by Crippen LogP contribution is 2.19. The number of hydrogen-bond donors (Lipinski definition) is 1. The average molecular weight is 384 g/mol. The van der Waals surface area contributed by atoms with Gasteiger partial charge in [-0.1, -0.05) is 13.8 Å². The Morgan fingerprint density at radius 1 is 1.18 bits per heavy atom. The van der Waals surface area contributed by atoms with Crippen molar-refractivity contribution in [1.29, 1.82) is 0 Å². The van der Waals surface area contributed by atoms with Crippen LogP contribution in [0.5, 0.6) is 5.88 Å². The fraction of sp³-hybridized carbons (Fsp3) is 0.476. The molecule has 1 aliphatic heterocycles. The van der Waals surface area contributed by atoms with Crippen LogP contribution in [-0.2, 0) is 4.74 Å². The van der Waals surface area contributed by atoms with Crippen LogP contribution in [0.1, 0.15) is 38.1 Å². The molecule has 7 heteroatoms. The van der Waals surface area contributed by atoms with E-state index in [1.165, 1.54) is 0 Å². The first-order chi connectivity index (χ1) is 13.4. The van der Waals surface area contributed by atoms with E-state index in [0.29, 0.717) is 29.7 Å². The van der Waals surface area contributed by atoms with E-state index in [1.807, 2.05) is 6.07 Å². The minimum Gasteiger partial charge on any atom is -0.477 e. The highest BCUT2D eigenvalue weighted by Gasteiger charge is 2.23. The maximum Gasteiger partial charge on any atom is 0.257 e. The molecule has 3 rings (SSSR count). The van der Waals surface area contributed by atoms with Crippen molar-refractivity contribution >= 4 is 17.4 Å². The van der Waals surface area contributed by atoms with E-state index in [9.17, 15) is 4.79 Å². The summed E-state index contributed by atoms with van der Waals surface area (Å²) in [6.07, 6.45) is 3.51. The number of anilines is 2. The molecule has 1 saturated heterocycles. The van der Waals surface area contributed by atoms with Crippen LogP contribution in [0.3, 0.4) is 0 Å². The van der Waals surface area contributed by atoms with Crippen molar-refractivity contribution in [2.45, 2.75) is 39.9 Å². The van der Waals surface area contributed by atoms with Gasteiger partial charge in [-0.3, -0.25) is 4.79 Å². The number of rotatable bonds is 6. The maximum atomic E-state index is 12.5. The predicted molar refractivity (Wildman–Crippen MR) is 109 cm³/mol. The summed E-state index contributed by atoms with van der Waals surface area (Å²) in [5.74, 6) is 1.61. The Hall–Kier alpha value is -2.67. The number of amides is 1. The summed E-state index contributed by atoms with van der Waals surface area (Å²) < 4.78 is 11.3. The lowest BCUT2D eigenvalue weighted by Crippen LogP contribution is -2.45. The third kappa shape index (κ3) is 5.42. The number of hydrogen-bond acceptors (Lipinski definition) is 6. The molecule has 150 valence electrons. The highest BCUT2D eigenvalue weighted by molar-refractivity contribution is 6.04. The Labute approximate surface area is 166 Å². The van der Waals surface area contributed by atoms with Gasteiger partial charge in [0.2, 0.25) is 5.88 Å². The summed E-state index contributed by atoms with van der Waals surface area (Å²) >= 11 is 0. The second kappa shape index (κ2) is 9.01. The van der Waals surface area contributed by atoms with Gasteiger partial charge >= 0.3 is 0 Å². The van der Waals surface area contributed by atoms with Crippen LogP contribution in [-0.4, -0.2) is 47.8 Å². The maximum absolute atomic E-state index is 12.5. The fourth-order valence-electron chi connectivity index (χ4n) is 3.07. The Bertz CT molecular complexity index is 767. The normalized spacial score (nSPS) is 19.5. The quantitative estimate of drug-likeness (QED) is 0.823. The van der Waals surface area contributed by atoms with Gasteiger partial charge in [0, 0.05) is 25.4 Å². The zero-order valence-corrected chi connectivity index (χ0v) is 16.9. The largest absolute Gasteiger partial charge is 0.477 e. The van der Waals surface area contributed by atoms with Crippen molar-refractivity contribution in [2.24, 2.45) is 5.92 Å². The van der Waals surface area contributed by atoms with Crippen LogP contribution in [0, 0.1) is 5.92 Å². The van der Waals surface area contributed by atoms with Crippen LogP contribution >= 0.6 is 0 Å². The van der Waals surface area contributed by atoms with Crippen molar-refractivity contribution < 1.29 is 14.3 Å². The molecule has 2 atom stereocenters. The molecule has 0 radical (unpaired) electrons. The van der Waals surface area contributed by atoms with Gasteiger partial charge in [0.15, 0.2) is 0 Å². The molecule has 0 spiro atoms. The Morgan fingerprint density at radius 2 is 1.93 bits per heavy atom. The van der Waals surface area contributed by atoms with Gasteiger partial charge in [-0.05, 0) is 38.0 Å². The van der Waals surface area contributed by atoms with Crippen molar-refractivity contribution in [1.82, 2.24) is 9.97 Å². The Kier molecular flexibility index (Phi) is 6.46. The number of ether oxygens (including phenoxy) is 2. The molecular formula is C21H28N4O3. The monoisotopic (exact) mass is 384 g/mol. The molecule has 1 N–H and O–H groups in total. The van der Waals surface area contributed by atoms with Crippen molar-refractivity contribution in [3.05, 3.63) is 42.2 Å². The highest BCUT2D eigenvalue weighted by atomic mass is 16.5. The van der Waals surface area contributed by atoms with Gasteiger partial charge in [-0.25, -0.2) is 9.97 Å². The topological polar surface area (TPSA) is 76.6 Å². The first-order valence-corrected chi connectivity index (χ1v) is 9.67. The van der Waals surface area contributed by atoms with Crippen LogP contribution in [0.4, 0.5) is 11.5 Å². The number of pyridine rings is 2. The van der Waals surface area contributed by atoms with E-state index in [2.05, 4.69) is 47.9 Å². The van der Waals surface area contributed by atoms with E-state index in [4.69, 9.17) is 9.47 Å². The predicted octanol–water partition coefficient (Wildman–Crippen LogP) is 3.38.